The summed E-state index contributed by atoms with van der Waals surface area (Å²) in [6.45, 7) is 23.5. The van der Waals surface area contributed by atoms with Gasteiger partial charge in [-0.2, -0.15) is 0 Å². The smallest absolute Gasteiger partial charge is 0.0654 e. The Morgan fingerprint density at radius 1 is 0.236 bits per heavy atom. The van der Waals surface area contributed by atoms with Crippen molar-refractivity contribution in [3.63, 3.8) is 0 Å². The topological polar surface area (TPSA) is 77.8 Å². The van der Waals surface area contributed by atoms with E-state index in [1.807, 2.05) is 0 Å². The van der Waals surface area contributed by atoms with Gasteiger partial charge < -0.3 is 0 Å². The summed E-state index contributed by atoms with van der Waals surface area (Å²) in [4.78, 5) is 0. The van der Waals surface area contributed by atoms with Crippen LogP contribution in [0, 0.1) is 11.6 Å². The van der Waals surface area contributed by atoms with Crippen LogP contribution >= 0.6 is 0 Å². The van der Waals surface area contributed by atoms with Gasteiger partial charge in [0.1, 0.15) is 0 Å². The molecule has 0 aliphatic heterocycles. The molecule has 0 atom stereocenters. The van der Waals surface area contributed by atoms with Crippen LogP contribution in [0.25, 0.3) is 44.3 Å². The van der Waals surface area contributed by atoms with Crippen molar-refractivity contribution in [2.45, 2.75) is 518 Å². The van der Waals surface area contributed by atoms with E-state index in [4.69, 9.17) is 29.9 Å². The first-order valence-electron chi connectivity index (χ1n) is 49.3. The van der Waals surface area contributed by atoms with E-state index in [-0.39, 0.29) is 11.6 Å². The van der Waals surface area contributed by atoms with Gasteiger partial charge in [-0.1, -0.05) is 156 Å². The number of hydrogen-bond acceptors (Lipinski definition) is 6. The summed E-state index contributed by atoms with van der Waals surface area (Å²) in [5.74, 6) is -0.340. The van der Waals surface area contributed by atoms with E-state index in [0.29, 0.717) is 22.3 Å². The van der Waals surface area contributed by atoms with Gasteiger partial charge in [0.2, 0.25) is 0 Å². The Bertz CT molecular complexity index is 2930. The van der Waals surface area contributed by atoms with Gasteiger partial charge in [0, 0.05) is 0 Å². The minimum absolute atomic E-state index is 0.170. The molecule has 0 saturated heterocycles. The summed E-state index contributed by atoms with van der Waals surface area (Å²) < 4.78 is 65.7. The first kappa shape index (κ1) is 95.1. The molecule has 0 amide bonds. The number of hydrogen-bond donors (Lipinski definition) is 0. The van der Waals surface area contributed by atoms with Crippen molar-refractivity contribution < 1.29 is 18.0 Å². The Morgan fingerprint density at radius 2 is 0.418 bits per heavy atom. The summed E-state index contributed by atoms with van der Waals surface area (Å²) >= 11 is -6.91. The summed E-state index contributed by atoms with van der Waals surface area (Å²) in [5.41, 5.74) is 8.05. The molecule has 0 saturated carbocycles. The maximum absolute atomic E-state index is 21.3. The van der Waals surface area contributed by atoms with Crippen LogP contribution in [-0.4, -0.2) is 57.4 Å². The van der Waals surface area contributed by atoms with Gasteiger partial charge in [0.05, 0.1) is 0 Å². The molecule has 2 aliphatic rings. The predicted molar refractivity (Wildman–Crippen MR) is 481 cm³/mol. The van der Waals surface area contributed by atoms with E-state index in [1.165, 1.54) is 340 Å². The maximum atomic E-state index is 21.3. The molecular formula is C100H172F2N4O2Sn2. The minimum Gasteiger partial charge on any atom is -0.0654 e. The number of rotatable bonds is 72. The third-order valence-corrected chi connectivity index (χ3v) is 59.1. The molecule has 110 heavy (non-hydrogen) atoms. The van der Waals surface area contributed by atoms with Crippen LogP contribution in [0.3, 0.4) is 0 Å². The normalized spacial score (nSPS) is 13.8. The van der Waals surface area contributed by atoms with Crippen LogP contribution in [0.1, 0.15) is 502 Å². The van der Waals surface area contributed by atoms with Crippen molar-refractivity contribution in [1.29, 1.82) is 0 Å². The Labute approximate surface area is 685 Å². The fraction of sp³-hybridized carbons (Fsp3) is 0.820. The third-order valence-electron chi connectivity index (χ3n) is 28.0. The fourth-order valence-electron chi connectivity index (χ4n) is 21.3. The van der Waals surface area contributed by atoms with Crippen molar-refractivity contribution in [2.24, 2.45) is 0 Å². The molecule has 5 aromatic rings. The Kier molecular flexibility index (Phi) is 47.4. The molecule has 10 heteroatoms. The van der Waals surface area contributed by atoms with Crippen molar-refractivity contribution in [3.05, 3.63) is 46.0 Å². The minimum atomic E-state index is -3.45. The van der Waals surface area contributed by atoms with Crippen molar-refractivity contribution in [2.75, 3.05) is 0 Å². The average molecular weight is 1740 g/mol. The SMILES string of the molecule is CCCCCCCCCCCCCCC1(CCCCCCCCCCCCCC)c2c[c]([Sn]([CH2]CCC)([CH2]CCC)[CH2]CCC)c3nonc3c2-c2c(F)c3c(c(F)c21)-c1c(c[c]([Sn]([CH2]CCC)([CH2]CCC)[CH2]CCC)c2nonc12)C3(CCCCCCCCCCCCCC)CCCCCCCCCCCCCC. The van der Waals surface area contributed by atoms with Gasteiger partial charge in [0.25, 0.3) is 0 Å². The molecule has 0 unspecified atom stereocenters. The van der Waals surface area contributed by atoms with Gasteiger partial charge in [0.15, 0.2) is 0 Å². The van der Waals surface area contributed by atoms with Gasteiger partial charge in [-0.3, -0.25) is 0 Å². The monoisotopic (exact) mass is 1740 g/mol. The molecule has 0 bridgehead atoms. The second-order valence-electron chi connectivity index (χ2n) is 36.6. The molecule has 0 radical (unpaired) electrons. The predicted octanol–water partition coefficient (Wildman–Crippen LogP) is 34.0. The number of nitrogens with zero attached hydrogens (tertiary/aromatic N) is 4. The van der Waals surface area contributed by atoms with Crippen LogP contribution in [-0.2, 0) is 10.8 Å². The second kappa shape index (κ2) is 54.8. The van der Waals surface area contributed by atoms with E-state index in [9.17, 15) is 0 Å². The molecule has 2 aromatic heterocycles. The number of benzene rings is 3. The Morgan fingerprint density at radius 3 is 0.618 bits per heavy atom. The van der Waals surface area contributed by atoms with Gasteiger partial charge in [-0.15, -0.1) is 0 Å². The van der Waals surface area contributed by atoms with Gasteiger partial charge in [-0.05, 0) is 0 Å². The molecule has 2 aliphatic carbocycles. The third kappa shape index (κ3) is 27.0. The standard InChI is InChI=1S/C76H118F2N4O2.6C4H9.2Sn/c1-5-9-13-17-21-25-29-33-37-41-45-49-57-75(58-50-46-42-38-34-30-26-22-18-14-10-6-2)61-53-55-63-73(81-83-79-63)65(61)67-69(75)71(77)68-66-62(54-56-64-74(66)82-84-80-64)76(70(68)72(67)78,59-51-47-43-39-35-31-27-23-19-15-11-7-3)60-52-48-44-40-36-32-28-24-20-16-12-8-4;6*1-3-4-2;;/h53-54H,5-52,57-60H2,1-4H3;6*1,3-4H2,2H3;;. The van der Waals surface area contributed by atoms with E-state index >= 15 is 8.78 Å². The molecule has 7 rings (SSSR count). The zero-order valence-electron chi connectivity index (χ0n) is 74.0. The average Bonchev–Trinajstić information content (AvgIpc) is 1.50. The van der Waals surface area contributed by atoms with Crippen LogP contribution in [0.2, 0.25) is 26.6 Å². The zero-order chi connectivity index (χ0) is 78.4. The number of unbranched alkanes of at least 4 members (excludes halogenated alkanes) is 50. The first-order valence-corrected chi connectivity index (χ1v) is 64.2. The molecule has 0 fully saturated rings. The van der Waals surface area contributed by atoms with Crippen LogP contribution in [0.15, 0.2) is 21.4 Å². The number of fused-ring (bicyclic) bond motifs is 10. The zero-order valence-corrected chi connectivity index (χ0v) is 79.7. The molecule has 0 N–H and O–H groups in total. The Hall–Kier alpha value is -2.08. The van der Waals surface area contributed by atoms with E-state index in [0.717, 1.165) is 149 Å². The van der Waals surface area contributed by atoms with Crippen molar-refractivity contribution in [3.8, 4) is 22.3 Å². The summed E-state index contributed by atoms with van der Waals surface area (Å²) in [5, 5.41) is 20.5. The van der Waals surface area contributed by atoms with Crippen LogP contribution < -0.4 is 7.16 Å². The molecule has 3 aromatic carbocycles. The van der Waals surface area contributed by atoms with E-state index in [2.05, 4.69) is 81.4 Å². The fourth-order valence-corrected chi connectivity index (χ4v) is 54.2. The summed E-state index contributed by atoms with van der Waals surface area (Å²) in [6, 6.07) is 5.32. The molecular weight excluding hydrogens is 1560 g/mol. The molecule has 626 valence electrons. The summed E-state index contributed by atoms with van der Waals surface area (Å²) in [6.07, 6.45) is 78.1. The van der Waals surface area contributed by atoms with Crippen molar-refractivity contribution in [1.82, 2.24) is 20.6 Å². The van der Waals surface area contributed by atoms with Gasteiger partial charge >= 0.3 is 534 Å². The summed E-state index contributed by atoms with van der Waals surface area (Å²) in [7, 11) is 0. The first-order chi connectivity index (χ1) is 54.1. The van der Waals surface area contributed by atoms with E-state index < -0.39 is 47.6 Å². The van der Waals surface area contributed by atoms with Crippen LogP contribution in [0.4, 0.5) is 8.78 Å². The number of halogens is 2. The molecule has 2 heterocycles. The van der Waals surface area contributed by atoms with E-state index in [1.54, 1.807) is 0 Å². The molecule has 6 nitrogen and oxygen atoms in total. The number of aromatic nitrogens is 4. The quantitative estimate of drug-likeness (QED) is 0.0285. The van der Waals surface area contributed by atoms with Crippen molar-refractivity contribution >= 4 is 66.0 Å². The Balaban J connectivity index is 1.50. The van der Waals surface area contributed by atoms with Gasteiger partial charge in [-0.25, -0.2) is 0 Å². The van der Waals surface area contributed by atoms with Crippen LogP contribution in [0.5, 0.6) is 0 Å². The molecule has 0 spiro atoms. The second-order valence-corrected chi connectivity index (χ2v) is 62.9.